The van der Waals surface area contributed by atoms with Crippen LogP contribution in [0.4, 0.5) is 14.5 Å². The molecule has 5 atom stereocenters. The maximum absolute atomic E-state index is 15.7. The lowest BCUT2D eigenvalue weighted by Crippen LogP contribution is -2.57. The van der Waals surface area contributed by atoms with Crippen molar-refractivity contribution in [3.05, 3.63) is 64.2 Å². The van der Waals surface area contributed by atoms with Crippen LogP contribution in [0, 0.1) is 34.8 Å². The highest BCUT2D eigenvalue weighted by molar-refractivity contribution is 5.96. The number of guanidine groups is 1. The summed E-state index contributed by atoms with van der Waals surface area (Å²) in [5.74, 6) is 1.93. The third-order valence-electron chi connectivity index (χ3n) is 10.3. The summed E-state index contributed by atoms with van der Waals surface area (Å²) >= 11 is 0. The van der Waals surface area contributed by atoms with Crippen LogP contribution < -0.4 is 20.9 Å². The van der Waals surface area contributed by atoms with Gasteiger partial charge in [-0.25, -0.2) is 18.8 Å². The number of halogens is 2. The molecule has 7 rings (SSSR count). The van der Waals surface area contributed by atoms with Crippen LogP contribution >= 0.6 is 0 Å². The molecule has 230 valence electrons. The predicted molar refractivity (Wildman–Crippen MR) is 166 cm³/mol. The predicted octanol–water partition coefficient (Wildman–Crippen LogP) is 5.06. The molecule has 0 spiro atoms. The minimum atomic E-state index is -0.540. The Morgan fingerprint density at radius 2 is 2.00 bits per heavy atom. The van der Waals surface area contributed by atoms with Crippen molar-refractivity contribution in [1.29, 1.82) is 0 Å². The van der Waals surface area contributed by atoms with Crippen molar-refractivity contribution in [3.8, 4) is 5.75 Å². The molecule has 1 saturated heterocycles. The van der Waals surface area contributed by atoms with Crippen molar-refractivity contribution < 1.29 is 13.5 Å². The van der Waals surface area contributed by atoms with E-state index in [4.69, 9.17) is 9.73 Å². The number of hydrogen-bond acceptors (Lipinski definition) is 5. The summed E-state index contributed by atoms with van der Waals surface area (Å²) in [6.07, 6.45) is 4.04. The first-order valence-corrected chi connectivity index (χ1v) is 15.4. The third-order valence-corrected chi connectivity index (χ3v) is 10.3. The Balaban J connectivity index is 1.26. The van der Waals surface area contributed by atoms with Gasteiger partial charge < -0.3 is 20.3 Å². The van der Waals surface area contributed by atoms with E-state index < -0.39 is 11.6 Å². The molecule has 10 heteroatoms. The maximum Gasteiger partial charge on any atom is 0.261 e. The number of benzene rings is 2. The smallest absolute Gasteiger partial charge is 0.261 e. The Labute approximate surface area is 251 Å². The first-order chi connectivity index (χ1) is 20.5. The zero-order valence-electron chi connectivity index (χ0n) is 25.7. The lowest BCUT2D eigenvalue weighted by molar-refractivity contribution is -0.108. The molecule has 4 aliphatic rings. The number of nitrogens with zero attached hydrogens (tertiary/aromatic N) is 4. The number of nitrogens with one attached hydrogen (secondary N) is 2. The van der Waals surface area contributed by atoms with Gasteiger partial charge in [0.1, 0.15) is 17.4 Å². The van der Waals surface area contributed by atoms with E-state index in [1.165, 1.54) is 36.6 Å². The van der Waals surface area contributed by atoms with Gasteiger partial charge in [-0.05, 0) is 73.1 Å². The van der Waals surface area contributed by atoms with Crippen molar-refractivity contribution in [2.45, 2.75) is 65.6 Å². The molecule has 2 heterocycles. The number of piperazine rings is 1. The zero-order valence-corrected chi connectivity index (χ0v) is 25.7. The molecule has 2 bridgehead atoms. The normalized spacial score (nSPS) is 26.7. The van der Waals surface area contributed by atoms with Crippen LogP contribution in [0.1, 0.15) is 46.1 Å². The molecule has 43 heavy (non-hydrogen) atoms. The second-order valence-electron chi connectivity index (χ2n) is 13.2. The van der Waals surface area contributed by atoms with E-state index >= 15 is 4.39 Å². The van der Waals surface area contributed by atoms with Crippen LogP contribution in [0.2, 0.25) is 0 Å². The molecule has 3 saturated carbocycles. The van der Waals surface area contributed by atoms with Gasteiger partial charge in [-0.15, -0.1) is 0 Å². The molecule has 3 aliphatic carbocycles. The van der Waals surface area contributed by atoms with Crippen LogP contribution in [0.15, 0.2) is 46.4 Å². The summed E-state index contributed by atoms with van der Waals surface area (Å²) in [6.45, 7) is 11.8. The lowest BCUT2D eigenvalue weighted by atomic mass is 9.45. The average molecular weight is 593 g/mol. The van der Waals surface area contributed by atoms with Crippen LogP contribution in [0.5, 0.6) is 5.75 Å². The van der Waals surface area contributed by atoms with Gasteiger partial charge in [0, 0.05) is 38.3 Å². The van der Waals surface area contributed by atoms with Crippen molar-refractivity contribution in [2.75, 3.05) is 32.1 Å². The highest BCUT2D eigenvalue weighted by Crippen LogP contribution is 2.61. The van der Waals surface area contributed by atoms with E-state index in [0.29, 0.717) is 46.0 Å². The van der Waals surface area contributed by atoms with Crippen LogP contribution in [0.25, 0.3) is 10.9 Å². The summed E-state index contributed by atoms with van der Waals surface area (Å²) in [6, 6.07) is 7.93. The molecule has 8 nitrogen and oxygen atoms in total. The first kappa shape index (κ1) is 29.5. The molecule has 1 aromatic heterocycles. The molecule has 2 aromatic carbocycles. The molecule has 0 radical (unpaired) electrons. The van der Waals surface area contributed by atoms with Gasteiger partial charge >= 0.3 is 0 Å². The molecule has 0 unspecified atom stereocenters. The van der Waals surface area contributed by atoms with E-state index in [0.717, 1.165) is 26.1 Å². The molecule has 3 aromatic rings. The fraction of sp³-hybridized carbons (Fsp3) is 0.545. The molecule has 4 fully saturated rings. The van der Waals surface area contributed by atoms with Gasteiger partial charge in [0.2, 0.25) is 0 Å². The summed E-state index contributed by atoms with van der Waals surface area (Å²) in [5.41, 5.74) is 1.08. The minimum Gasteiger partial charge on any atom is -0.497 e. The summed E-state index contributed by atoms with van der Waals surface area (Å²) < 4.78 is 36.5. The SMILES string of the molecule is COc1ccc(CCn2cnc3cc(NC(=N[C@H]4C[C@H]5C[C@H]([C@@H]4C)C5(C)C)N4CCN[C@@H](C)C4)c(F)cc3c2=O)c(F)c1. The maximum atomic E-state index is 15.7. The van der Waals surface area contributed by atoms with Gasteiger partial charge in [-0.3, -0.25) is 9.36 Å². The van der Waals surface area contributed by atoms with Crippen LogP contribution in [0.3, 0.4) is 0 Å². The number of methoxy groups -OCH3 is 1. The summed E-state index contributed by atoms with van der Waals surface area (Å²) in [7, 11) is 1.48. The molecule has 2 N–H and O–H groups in total. The Morgan fingerprint density at radius 3 is 2.70 bits per heavy atom. The Morgan fingerprint density at radius 1 is 1.19 bits per heavy atom. The Kier molecular flexibility index (Phi) is 7.91. The van der Waals surface area contributed by atoms with Crippen LogP contribution in [-0.4, -0.2) is 59.2 Å². The van der Waals surface area contributed by atoms with Gasteiger partial charge in [-0.1, -0.05) is 26.8 Å². The number of hydrogen-bond donors (Lipinski definition) is 2. The van der Waals surface area contributed by atoms with Gasteiger partial charge in [0.05, 0.1) is 36.1 Å². The zero-order chi connectivity index (χ0) is 30.5. The monoisotopic (exact) mass is 592 g/mol. The van der Waals surface area contributed by atoms with Crippen molar-refractivity contribution in [2.24, 2.45) is 28.2 Å². The number of ether oxygens (including phenoxy) is 1. The van der Waals surface area contributed by atoms with E-state index in [9.17, 15) is 9.18 Å². The molecule has 0 amide bonds. The standard InChI is InChI=1S/C33H42F2N6O2/c1-19-17-40(11-9-36-19)32(38-28-13-22-12-25(20(28)2)33(22,3)4)39-30-16-29-24(15-27(30)35)31(42)41(18-37-29)10-8-21-6-7-23(43-5)14-26(21)34/h6-7,14-16,18-20,22,25,28,36H,8-13,17H2,1-5H3,(H,38,39)/t19-,20-,22+,25+,28-/m0/s1. The van der Waals surface area contributed by atoms with E-state index in [2.05, 4.69) is 48.2 Å². The van der Waals surface area contributed by atoms with Gasteiger partial charge in [0.15, 0.2) is 5.96 Å². The fourth-order valence-electron chi connectivity index (χ4n) is 7.42. The van der Waals surface area contributed by atoms with Gasteiger partial charge in [-0.2, -0.15) is 0 Å². The third kappa shape index (κ3) is 5.61. The van der Waals surface area contributed by atoms with Crippen LogP contribution in [-0.2, 0) is 13.0 Å². The fourth-order valence-corrected chi connectivity index (χ4v) is 7.42. The highest BCUT2D eigenvalue weighted by atomic mass is 19.1. The number of fused-ring (bicyclic) bond motifs is 3. The summed E-state index contributed by atoms with van der Waals surface area (Å²) in [4.78, 5) is 25.2. The molecule has 1 aliphatic heterocycles. The topological polar surface area (TPSA) is 83.8 Å². The first-order valence-electron chi connectivity index (χ1n) is 15.4. The molecular weight excluding hydrogens is 550 g/mol. The van der Waals surface area contributed by atoms with Gasteiger partial charge in [0.25, 0.3) is 5.56 Å². The van der Waals surface area contributed by atoms with Crippen molar-refractivity contribution in [1.82, 2.24) is 19.8 Å². The van der Waals surface area contributed by atoms with Crippen molar-refractivity contribution >= 4 is 22.5 Å². The lowest BCUT2D eigenvalue weighted by Gasteiger charge is -2.61. The summed E-state index contributed by atoms with van der Waals surface area (Å²) in [5, 5.41) is 6.97. The van der Waals surface area contributed by atoms with E-state index in [-0.39, 0.29) is 41.7 Å². The second kappa shape index (κ2) is 11.5. The minimum absolute atomic E-state index is 0.175. The highest BCUT2D eigenvalue weighted by Gasteiger charge is 2.56. The van der Waals surface area contributed by atoms with E-state index in [1.54, 1.807) is 18.2 Å². The number of aryl methyl sites for hydroxylation is 2. The van der Waals surface area contributed by atoms with Crippen molar-refractivity contribution in [3.63, 3.8) is 0 Å². The number of anilines is 1. The Bertz CT molecular complexity index is 1600. The number of aliphatic imine (C=N–C) groups is 1. The van der Waals surface area contributed by atoms with E-state index in [1.807, 2.05) is 0 Å². The second-order valence-corrected chi connectivity index (χ2v) is 13.2. The Hall–Kier alpha value is -3.53. The average Bonchev–Trinajstić information content (AvgIpc) is 2.98. The number of aromatic nitrogens is 2. The largest absolute Gasteiger partial charge is 0.497 e. The number of rotatable bonds is 6. The quantitative estimate of drug-likeness (QED) is 0.308. The molecular formula is C33H42F2N6O2.